The molecule has 0 spiro atoms. The number of amides is 2. The Hall–Kier alpha value is -2.98. The van der Waals surface area contributed by atoms with Crippen LogP contribution in [0.3, 0.4) is 0 Å². The highest BCUT2D eigenvalue weighted by atomic mass is 35.5. The third-order valence-electron chi connectivity index (χ3n) is 7.91. The minimum atomic E-state index is -0.881. The van der Waals surface area contributed by atoms with Gasteiger partial charge in [0.25, 0.3) is 11.8 Å². The highest BCUT2D eigenvalue weighted by Gasteiger charge is 2.36. The summed E-state index contributed by atoms with van der Waals surface area (Å²) in [6.07, 6.45) is 5.89. The molecule has 1 aliphatic carbocycles. The second kappa shape index (κ2) is 15.5. The van der Waals surface area contributed by atoms with Crippen molar-refractivity contribution in [1.82, 2.24) is 25.3 Å². The first-order valence-corrected chi connectivity index (χ1v) is 15.2. The van der Waals surface area contributed by atoms with Gasteiger partial charge < -0.3 is 15.1 Å². The number of halogens is 1. The summed E-state index contributed by atoms with van der Waals surface area (Å²) in [6.45, 7) is 11.1. The van der Waals surface area contributed by atoms with Crippen molar-refractivity contribution in [3.05, 3.63) is 51.8 Å². The maximum atomic E-state index is 13.6. The summed E-state index contributed by atoms with van der Waals surface area (Å²) in [5.41, 5.74) is 1.70. The van der Waals surface area contributed by atoms with Gasteiger partial charge >= 0.3 is 5.76 Å². The molecule has 2 N–H and O–H groups in total. The second-order valence-electron chi connectivity index (χ2n) is 12.5. The van der Waals surface area contributed by atoms with Crippen LogP contribution in [-0.2, 0) is 17.9 Å². The molecule has 0 unspecified atom stereocenters. The van der Waals surface area contributed by atoms with Crippen molar-refractivity contribution >= 4 is 30.0 Å². The number of likely N-dealkylation sites (tertiary alicyclic amines) is 1. The van der Waals surface area contributed by atoms with E-state index in [0.29, 0.717) is 31.4 Å². The number of benzene rings is 1. The summed E-state index contributed by atoms with van der Waals surface area (Å²) in [7, 11) is 0. The Labute approximate surface area is 254 Å². The molecule has 2 fully saturated rings. The Balaban J connectivity index is 0.00000484. The lowest BCUT2D eigenvalue weighted by Crippen LogP contribution is -2.52. The lowest BCUT2D eigenvalue weighted by Gasteiger charge is -2.32. The molecule has 4 rings (SSSR count). The van der Waals surface area contributed by atoms with Gasteiger partial charge in [-0.3, -0.25) is 19.3 Å². The van der Waals surface area contributed by atoms with Crippen LogP contribution < -0.4 is 16.4 Å². The number of Topliss-reactive ketones (excluding diaryl/α,β-unsaturated/α-hetero) is 1. The first-order valence-electron chi connectivity index (χ1n) is 15.2. The molecule has 11 heteroatoms. The average molecular weight is 604 g/mol. The van der Waals surface area contributed by atoms with Crippen molar-refractivity contribution in [2.45, 2.75) is 97.8 Å². The van der Waals surface area contributed by atoms with E-state index in [0.717, 1.165) is 42.7 Å². The average Bonchev–Trinajstić information content (AvgIpc) is 3.57. The summed E-state index contributed by atoms with van der Waals surface area (Å²) >= 11 is 0. The number of nitrogens with one attached hydrogen (secondary N) is 2. The van der Waals surface area contributed by atoms with Crippen molar-refractivity contribution in [1.29, 1.82) is 0 Å². The predicted molar refractivity (Wildman–Crippen MR) is 163 cm³/mol. The highest BCUT2D eigenvalue weighted by molar-refractivity contribution is 5.99. The van der Waals surface area contributed by atoms with Gasteiger partial charge in [0.1, 0.15) is 0 Å². The van der Waals surface area contributed by atoms with Crippen LogP contribution in [0.1, 0.15) is 99.2 Å². The van der Waals surface area contributed by atoms with E-state index in [9.17, 15) is 19.2 Å². The molecular formula is C31H46ClN5O5. The van der Waals surface area contributed by atoms with E-state index in [1.165, 1.54) is 12.8 Å². The Morgan fingerprint density at radius 3 is 2.43 bits per heavy atom. The van der Waals surface area contributed by atoms with Crippen LogP contribution >= 0.6 is 12.4 Å². The van der Waals surface area contributed by atoms with Crippen LogP contribution in [-0.4, -0.2) is 57.5 Å². The van der Waals surface area contributed by atoms with E-state index in [1.807, 2.05) is 52.0 Å². The van der Waals surface area contributed by atoms with E-state index in [4.69, 9.17) is 4.42 Å². The largest absolute Gasteiger partial charge is 0.437 e. The summed E-state index contributed by atoms with van der Waals surface area (Å²) in [4.78, 5) is 54.8. The lowest BCUT2D eigenvalue weighted by molar-refractivity contribution is -0.127. The molecule has 2 aromatic rings. The number of carbonyl (C=O) groups excluding carboxylic acids is 3. The van der Waals surface area contributed by atoms with Crippen LogP contribution in [0.4, 0.5) is 0 Å². The monoisotopic (exact) mass is 603 g/mol. The molecule has 2 heterocycles. The van der Waals surface area contributed by atoms with Crippen molar-refractivity contribution in [2.75, 3.05) is 13.1 Å². The zero-order valence-electron chi connectivity index (χ0n) is 25.3. The number of nitrogens with zero attached hydrogens (tertiary/aromatic N) is 3. The maximum Gasteiger partial charge on any atom is 0.437 e. The predicted octanol–water partition coefficient (Wildman–Crippen LogP) is 4.21. The molecule has 1 saturated heterocycles. The third kappa shape index (κ3) is 9.01. The molecule has 3 atom stereocenters. The Bertz CT molecular complexity index is 1270. The first-order chi connectivity index (χ1) is 19.6. The second-order valence-corrected chi connectivity index (χ2v) is 12.5. The van der Waals surface area contributed by atoms with Crippen LogP contribution in [0.5, 0.6) is 0 Å². The normalized spacial score (nSPS) is 19.9. The quantitative estimate of drug-likeness (QED) is 0.348. The number of ketones is 1. The molecule has 2 aliphatic rings. The molecule has 42 heavy (non-hydrogen) atoms. The minimum absolute atomic E-state index is 0. The maximum absolute atomic E-state index is 13.6. The number of aromatic nitrogens is 2. The highest BCUT2D eigenvalue weighted by Crippen LogP contribution is 2.26. The van der Waals surface area contributed by atoms with Gasteiger partial charge in [-0.25, -0.2) is 4.79 Å². The molecule has 1 aromatic carbocycles. The summed E-state index contributed by atoms with van der Waals surface area (Å²) in [6, 6.07) is 6.49. The summed E-state index contributed by atoms with van der Waals surface area (Å²) in [5.74, 6) is -2.17. The zero-order valence-corrected chi connectivity index (χ0v) is 26.1. The van der Waals surface area contributed by atoms with Gasteiger partial charge in [-0.1, -0.05) is 52.7 Å². The van der Waals surface area contributed by atoms with Crippen LogP contribution in [0.15, 0.2) is 33.5 Å². The molecule has 2 amide bonds. The number of rotatable bonds is 12. The molecule has 0 radical (unpaired) electrons. The Kier molecular flexibility index (Phi) is 12.4. The molecular weight excluding hydrogens is 558 g/mol. The molecule has 1 aromatic heterocycles. The van der Waals surface area contributed by atoms with Crippen LogP contribution in [0.2, 0.25) is 0 Å². The molecule has 10 nitrogen and oxygen atoms in total. The third-order valence-corrected chi connectivity index (χ3v) is 7.91. The van der Waals surface area contributed by atoms with Gasteiger partial charge in [-0.15, -0.1) is 17.5 Å². The van der Waals surface area contributed by atoms with E-state index in [-0.39, 0.29) is 48.0 Å². The van der Waals surface area contributed by atoms with E-state index >= 15 is 0 Å². The zero-order chi connectivity index (χ0) is 29.5. The smallest absolute Gasteiger partial charge is 0.384 e. The first kappa shape index (κ1) is 33.5. The minimum Gasteiger partial charge on any atom is -0.384 e. The number of hydrogen-bond acceptors (Lipinski definition) is 7. The summed E-state index contributed by atoms with van der Waals surface area (Å²) in [5, 5.41) is 10.1. The van der Waals surface area contributed by atoms with Crippen molar-refractivity contribution in [3.63, 3.8) is 0 Å². The number of carbonyl (C=O) groups is 3. The summed E-state index contributed by atoms with van der Waals surface area (Å²) < 4.78 is 6.33. The van der Waals surface area contributed by atoms with Gasteiger partial charge in [0.15, 0.2) is 0 Å². The van der Waals surface area contributed by atoms with Crippen molar-refractivity contribution in [3.8, 4) is 0 Å². The van der Waals surface area contributed by atoms with Gasteiger partial charge in [-0.05, 0) is 74.7 Å². The fraction of sp³-hybridized carbons (Fsp3) is 0.645. The van der Waals surface area contributed by atoms with Crippen LogP contribution in [0.25, 0.3) is 0 Å². The van der Waals surface area contributed by atoms with Gasteiger partial charge in [-0.2, -0.15) is 4.68 Å². The molecule has 0 bridgehead atoms. The molecule has 232 valence electrons. The van der Waals surface area contributed by atoms with Gasteiger partial charge in [0, 0.05) is 18.2 Å². The fourth-order valence-electron chi connectivity index (χ4n) is 5.88. The number of hydrogen-bond donors (Lipinski definition) is 2. The lowest BCUT2D eigenvalue weighted by atomic mass is 9.83. The van der Waals surface area contributed by atoms with Crippen LogP contribution in [0, 0.1) is 17.8 Å². The van der Waals surface area contributed by atoms with E-state index in [1.54, 1.807) is 0 Å². The van der Waals surface area contributed by atoms with Crippen molar-refractivity contribution in [2.24, 2.45) is 17.8 Å². The fourth-order valence-corrected chi connectivity index (χ4v) is 5.88. The SMILES string of the molecule is CC(C)C[C@H](NC(=O)[C@@H]1CCCC[C@@H]1NC(=O)c1cccc(CN2CCCC2)c1)C(=O)c1nn(CC(C)C)c(=O)o1.Cl. The van der Waals surface area contributed by atoms with Gasteiger partial charge in [0.05, 0.1) is 18.5 Å². The topological polar surface area (TPSA) is 127 Å². The van der Waals surface area contributed by atoms with E-state index in [2.05, 4.69) is 20.6 Å². The molecule has 1 aliphatic heterocycles. The molecule has 1 saturated carbocycles. The standard InChI is InChI=1S/C31H45N5O5.ClH/c1-20(2)16-26(27(37)30-34-36(18-21(3)4)31(40)41-30)33-29(39)24-12-5-6-13-25(24)32-28(38)23-11-9-10-22(17-23)19-35-14-7-8-15-35;/h9-11,17,20-21,24-26H,5-8,12-16,18-19H2,1-4H3,(H,32,38)(H,33,39);1H/t24-,25+,26+;/m1./s1. The van der Waals surface area contributed by atoms with Gasteiger partial charge in [0.2, 0.25) is 11.7 Å². The van der Waals surface area contributed by atoms with E-state index < -0.39 is 23.5 Å². The van der Waals surface area contributed by atoms with Crippen molar-refractivity contribution < 1.29 is 18.8 Å². The Morgan fingerprint density at radius 1 is 1.02 bits per heavy atom. The Morgan fingerprint density at radius 2 is 1.74 bits per heavy atom.